The Morgan fingerprint density at radius 2 is 2.04 bits per heavy atom. The number of hydrogen-bond acceptors (Lipinski definition) is 5. The van der Waals surface area contributed by atoms with E-state index in [2.05, 4.69) is 6.07 Å². The van der Waals surface area contributed by atoms with Gasteiger partial charge in [-0.15, -0.1) is 0 Å². The van der Waals surface area contributed by atoms with Crippen LogP contribution in [-0.2, 0) is 25.5 Å². The van der Waals surface area contributed by atoms with E-state index in [1.807, 2.05) is 0 Å². The van der Waals surface area contributed by atoms with Crippen molar-refractivity contribution in [2.45, 2.75) is 19.8 Å². The van der Waals surface area contributed by atoms with Crippen molar-refractivity contribution >= 4 is 23.9 Å². The lowest BCUT2D eigenvalue weighted by atomic mass is 10.1. The summed E-state index contributed by atoms with van der Waals surface area (Å²) in [5.74, 6) is -1.48. The van der Waals surface area contributed by atoms with Crippen LogP contribution in [0.1, 0.15) is 24.5 Å². The zero-order chi connectivity index (χ0) is 16.8. The molecule has 23 heavy (non-hydrogen) atoms. The molecule has 118 valence electrons. The zero-order valence-electron chi connectivity index (χ0n) is 12.7. The highest BCUT2D eigenvalue weighted by atomic mass is 16.5. The second kappa shape index (κ2) is 7.36. The summed E-state index contributed by atoms with van der Waals surface area (Å²) in [6.45, 7) is 1.50. The van der Waals surface area contributed by atoms with E-state index in [1.165, 1.54) is 0 Å². The molecule has 0 radical (unpaired) electrons. The molecule has 0 aliphatic carbocycles. The van der Waals surface area contributed by atoms with Crippen molar-refractivity contribution in [1.82, 2.24) is 4.90 Å². The van der Waals surface area contributed by atoms with Gasteiger partial charge in [-0.3, -0.25) is 19.3 Å². The molecule has 1 fully saturated rings. The average molecular weight is 312 g/mol. The van der Waals surface area contributed by atoms with Crippen molar-refractivity contribution in [3.8, 4) is 6.07 Å². The van der Waals surface area contributed by atoms with E-state index >= 15 is 0 Å². The maximum Gasteiger partial charge on any atom is 0.326 e. The first kappa shape index (κ1) is 16.4. The van der Waals surface area contributed by atoms with Crippen LogP contribution in [0.25, 0.3) is 6.08 Å². The van der Waals surface area contributed by atoms with Gasteiger partial charge in [0.2, 0.25) is 5.91 Å². The molecule has 6 heteroatoms. The summed E-state index contributed by atoms with van der Waals surface area (Å²) in [5.41, 5.74) is 1.99. The first-order chi connectivity index (χ1) is 11.0. The molecule has 0 saturated carbocycles. The van der Waals surface area contributed by atoms with Crippen molar-refractivity contribution in [3.63, 3.8) is 0 Å². The first-order valence-corrected chi connectivity index (χ1v) is 7.22. The van der Waals surface area contributed by atoms with Crippen LogP contribution in [0, 0.1) is 11.3 Å². The Hall–Kier alpha value is -2.94. The molecule has 1 saturated heterocycles. The number of esters is 1. The number of likely N-dealkylation sites (tertiary alicyclic amines) is 1. The van der Waals surface area contributed by atoms with Gasteiger partial charge in [0.05, 0.1) is 25.5 Å². The third kappa shape index (κ3) is 4.04. The number of nitriles is 1. The maximum atomic E-state index is 12.2. The highest BCUT2D eigenvalue weighted by molar-refractivity contribution is 6.16. The van der Waals surface area contributed by atoms with Gasteiger partial charge < -0.3 is 4.74 Å². The van der Waals surface area contributed by atoms with Crippen molar-refractivity contribution in [2.24, 2.45) is 0 Å². The molecular weight excluding hydrogens is 296 g/mol. The Balaban J connectivity index is 2.11. The van der Waals surface area contributed by atoms with Gasteiger partial charge in [-0.2, -0.15) is 5.26 Å². The fraction of sp³-hybridized carbons (Fsp3) is 0.294. The SMILES string of the molecule is CCOC(=O)CN1C(=O)C/C(=C\c2ccc(CC#N)cc2)C1=O. The molecular formula is C17H16N2O4. The number of ether oxygens (including phenoxy) is 1. The second-order valence-electron chi connectivity index (χ2n) is 5.01. The molecule has 0 aromatic heterocycles. The predicted molar refractivity (Wildman–Crippen MR) is 81.7 cm³/mol. The highest BCUT2D eigenvalue weighted by Gasteiger charge is 2.35. The second-order valence-corrected chi connectivity index (χ2v) is 5.01. The van der Waals surface area contributed by atoms with E-state index in [9.17, 15) is 14.4 Å². The van der Waals surface area contributed by atoms with Crippen LogP contribution in [0.15, 0.2) is 29.8 Å². The summed E-state index contributed by atoms with van der Waals surface area (Å²) < 4.78 is 4.76. The number of nitrogens with zero attached hydrogens (tertiary/aromatic N) is 2. The molecule has 0 unspecified atom stereocenters. The first-order valence-electron chi connectivity index (χ1n) is 7.22. The molecule has 2 amide bonds. The zero-order valence-corrected chi connectivity index (χ0v) is 12.7. The Bertz CT molecular complexity index is 698. The van der Waals surface area contributed by atoms with Crippen LogP contribution in [0.2, 0.25) is 0 Å². The van der Waals surface area contributed by atoms with Crippen LogP contribution >= 0.6 is 0 Å². The van der Waals surface area contributed by atoms with E-state index in [4.69, 9.17) is 10.00 Å². The normalized spacial score (nSPS) is 15.8. The summed E-state index contributed by atoms with van der Waals surface area (Å²) in [5, 5.41) is 8.63. The van der Waals surface area contributed by atoms with E-state index < -0.39 is 17.8 Å². The van der Waals surface area contributed by atoms with Gasteiger partial charge in [0.15, 0.2) is 0 Å². The van der Waals surface area contributed by atoms with Crippen LogP contribution < -0.4 is 0 Å². The van der Waals surface area contributed by atoms with Gasteiger partial charge in [-0.25, -0.2) is 0 Å². The minimum absolute atomic E-state index is 0.0296. The van der Waals surface area contributed by atoms with Crippen molar-refractivity contribution in [2.75, 3.05) is 13.2 Å². The number of imide groups is 1. The summed E-state index contributed by atoms with van der Waals surface area (Å²) in [6, 6.07) is 9.22. The van der Waals surface area contributed by atoms with Gasteiger partial charge >= 0.3 is 5.97 Å². The molecule has 1 aromatic rings. The Labute approximate surface area is 134 Å². The number of carbonyl (C=O) groups excluding carboxylic acids is 3. The lowest BCUT2D eigenvalue weighted by Gasteiger charge is -2.11. The third-order valence-corrected chi connectivity index (χ3v) is 3.36. The number of amides is 2. The molecule has 6 nitrogen and oxygen atoms in total. The van der Waals surface area contributed by atoms with Crippen LogP contribution in [0.4, 0.5) is 0 Å². The molecule has 1 aliphatic heterocycles. The topological polar surface area (TPSA) is 87.5 Å². The maximum absolute atomic E-state index is 12.2. The molecule has 0 spiro atoms. The average Bonchev–Trinajstić information content (AvgIpc) is 2.77. The number of benzene rings is 1. The molecule has 0 atom stereocenters. The van der Waals surface area contributed by atoms with E-state index in [0.29, 0.717) is 12.0 Å². The number of carbonyl (C=O) groups is 3. The lowest BCUT2D eigenvalue weighted by molar-refractivity contribution is -0.151. The number of hydrogen-bond donors (Lipinski definition) is 0. The summed E-state index contributed by atoms with van der Waals surface area (Å²) >= 11 is 0. The lowest BCUT2D eigenvalue weighted by Crippen LogP contribution is -2.35. The third-order valence-electron chi connectivity index (χ3n) is 3.36. The van der Waals surface area contributed by atoms with Crippen molar-refractivity contribution < 1.29 is 19.1 Å². The smallest absolute Gasteiger partial charge is 0.326 e. The fourth-order valence-electron chi connectivity index (χ4n) is 2.25. The van der Waals surface area contributed by atoms with Crippen LogP contribution in [0.3, 0.4) is 0 Å². The fourth-order valence-corrected chi connectivity index (χ4v) is 2.25. The largest absolute Gasteiger partial charge is 0.465 e. The van der Waals surface area contributed by atoms with E-state index in [0.717, 1.165) is 16.0 Å². The van der Waals surface area contributed by atoms with E-state index in [-0.39, 0.29) is 19.6 Å². The highest BCUT2D eigenvalue weighted by Crippen LogP contribution is 2.21. The molecule has 1 heterocycles. The van der Waals surface area contributed by atoms with Crippen molar-refractivity contribution in [1.29, 1.82) is 5.26 Å². The molecule has 1 aliphatic rings. The molecule has 2 rings (SSSR count). The van der Waals surface area contributed by atoms with Crippen LogP contribution in [0.5, 0.6) is 0 Å². The predicted octanol–water partition coefficient (Wildman–Crippen LogP) is 1.46. The Kier molecular flexibility index (Phi) is 5.26. The monoisotopic (exact) mass is 312 g/mol. The van der Waals surface area contributed by atoms with Gasteiger partial charge in [-0.05, 0) is 24.1 Å². The summed E-state index contributed by atoms with van der Waals surface area (Å²) in [7, 11) is 0. The Morgan fingerprint density at radius 1 is 1.35 bits per heavy atom. The van der Waals surface area contributed by atoms with Crippen LogP contribution in [-0.4, -0.2) is 35.8 Å². The van der Waals surface area contributed by atoms with Gasteiger partial charge in [0.25, 0.3) is 5.91 Å². The minimum Gasteiger partial charge on any atom is -0.465 e. The molecule has 1 aromatic carbocycles. The van der Waals surface area contributed by atoms with Crippen molar-refractivity contribution in [3.05, 3.63) is 41.0 Å². The quantitative estimate of drug-likeness (QED) is 0.466. The Morgan fingerprint density at radius 3 is 2.65 bits per heavy atom. The molecule has 0 bridgehead atoms. The van der Waals surface area contributed by atoms with E-state index in [1.54, 1.807) is 37.3 Å². The number of rotatable bonds is 5. The molecule has 0 N–H and O–H groups in total. The van der Waals surface area contributed by atoms with Gasteiger partial charge in [-0.1, -0.05) is 24.3 Å². The summed E-state index contributed by atoms with van der Waals surface area (Å²) in [6.07, 6.45) is 1.92. The van der Waals surface area contributed by atoms with Gasteiger partial charge in [0, 0.05) is 5.57 Å². The standard InChI is InChI=1S/C17H16N2O4/c1-2-23-16(21)11-19-15(20)10-14(17(19)22)9-13-5-3-12(4-6-13)7-8-18/h3-6,9H,2,7,10-11H2,1H3/b14-9+. The minimum atomic E-state index is -0.601. The summed E-state index contributed by atoms with van der Waals surface area (Å²) in [4.78, 5) is 36.5. The van der Waals surface area contributed by atoms with Gasteiger partial charge in [0.1, 0.15) is 6.54 Å².